The number of benzene rings is 2. The quantitative estimate of drug-likeness (QED) is 0.905. The summed E-state index contributed by atoms with van der Waals surface area (Å²) in [6.45, 7) is 2.60. The Kier molecular flexibility index (Phi) is 4.77. The van der Waals surface area contributed by atoms with E-state index in [0.717, 1.165) is 11.3 Å². The molecule has 2 aromatic rings. The zero-order chi connectivity index (χ0) is 18.8. The first kappa shape index (κ1) is 17.5. The maximum absolute atomic E-state index is 13.1. The molecule has 0 aromatic heterocycles. The predicted octanol–water partition coefficient (Wildman–Crippen LogP) is 2.57. The van der Waals surface area contributed by atoms with Crippen LogP contribution in [0, 0.1) is 5.82 Å². The van der Waals surface area contributed by atoms with Crippen LogP contribution in [0.5, 0.6) is 0 Å². The number of amides is 3. The van der Waals surface area contributed by atoms with Crippen molar-refractivity contribution >= 4 is 17.6 Å². The molecule has 2 saturated heterocycles. The van der Waals surface area contributed by atoms with Gasteiger partial charge in [-0.15, -0.1) is 0 Å². The van der Waals surface area contributed by atoms with Gasteiger partial charge in [-0.25, -0.2) is 9.18 Å². The summed E-state index contributed by atoms with van der Waals surface area (Å²) in [6.07, 6.45) is -0.268. The fourth-order valence-corrected chi connectivity index (χ4v) is 3.40. The minimum absolute atomic E-state index is 0.0807. The van der Waals surface area contributed by atoms with Crippen LogP contribution in [0.25, 0.3) is 0 Å². The summed E-state index contributed by atoms with van der Waals surface area (Å²) < 4.78 is 18.9. The summed E-state index contributed by atoms with van der Waals surface area (Å²) in [4.78, 5) is 28.0. The maximum Gasteiger partial charge on any atom is 0.321 e. The molecule has 2 aliphatic rings. The summed E-state index contributed by atoms with van der Waals surface area (Å²) in [7, 11) is 0. The van der Waals surface area contributed by atoms with Gasteiger partial charge in [0.1, 0.15) is 11.9 Å². The molecule has 2 aromatic carbocycles. The molecule has 0 radical (unpaired) electrons. The summed E-state index contributed by atoms with van der Waals surface area (Å²) in [6, 6.07) is 13.1. The van der Waals surface area contributed by atoms with E-state index in [1.807, 2.05) is 0 Å². The van der Waals surface area contributed by atoms with Crippen LogP contribution in [-0.4, -0.2) is 49.6 Å². The molecule has 0 spiro atoms. The standard InChI is InChI=1S/C20H20FN3O3/c21-16-5-1-14(2-6-16)18-13-23(11-12-27-18)19(25)15-3-7-17(8-4-15)24-10-9-22-20(24)26/h1-8,18H,9-13H2,(H,22,26). The zero-order valence-corrected chi connectivity index (χ0v) is 14.7. The largest absolute Gasteiger partial charge is 0.370 e. The fourth-order valence-electron chi connectivity index (χ4n) is 3.40. The van der Waals surface area contributed by atoms with Crippen LogP contribution in [0.4, 0.5) is 14.9 Å². The van der Waals surface area contributed by atoms with E-state index >= 15 is 0 Å². The van der Waals surface area contributed by atoms with Crippen LogP contribution in [0.1, 0.15) is 22.0 Å². The third kappa shape index (κ3) is 3.64. The topological polar surface area (TPSA) is 61.9 Å². The number of carbonyl (C=O) groups is 2. The number of ether oxygens (including phenoxy) is 1. The Morgan fingerprint density at radius 1 is 1.07 bits per heavy atom. The van der Waals surface area contributed by atoms with Gasteiger partial charge in [0, 0.05) is 30.9 Å². The van der Waals surface area contributed by atoms with Gasteiger partial charge in [0.15, 0.2) is 0 Å². The number of morpholine rings is 1. The van der Waals surface area contributed by atoms with Gasteiger partial charge >= 0.3 is 6.03 Å². The molecule has 1 atom stereocenters. The maximum atomic E-state index is 13.1. The van der Waals surface area contributed by atoms with Gasteiger partial charge in [-0.2, -0.15) is 0 Å². The summed E-state index contributed by atoms with van der Waals surface area (Å²) >= 11 is 0. The van der Waals surface area contributed by atoms with Crippen molar-refractivity contribution in [1.29, 1.82) is 0 Å². The Morgan fingerprint density at radius 2 is 1.81 bits per heavy atom. The molecule has 1 unspecified atom stereocenters. The third-order valence-electron chi connectivity index (χ3n) is 4.88. The van der Waals surface area contributed by atoms with Crippen LogP contribution < -0.4 is 10.2 Å². The van der Waals surface area contributed by atoms with E-state index in [1.54, 1.807) is 46.2 Å². The Hall–Kier alpha value is -2.93. The summed E-state index contributed by atoms with van der Waals surface area (Å²) in [5.41, 5.74) is 2.19. The van der Waals surface area contributed by atoms with Gasteiger partial charge in [0.2, 0.25) is 0 Å². The minimum Gasteiger partial charge on any atom is -0.370 e. The average molecular weight is 369 g/mol. The number of nitrogens with one attached hydrogen (secondary N) is 1. The zero-order valence-electron chi connectivity index (χ0n) is 14.7. The molecule has 1 N–H and O–H groups in total. The molecule has 2 heterocycles. The van der Waals surface area contributed by atoms with Crippen LogP contribution in [-0.2, 0) is 4.74 Å². The first-order valence-electron chi connectivity index (χ1n) is 8.93. The smallest absolute Gasteiger partial charge is 0.321 e. The second-order valence-corrected chi connectivity index (χ2v) is 6.59. The van der Waals surface area contributed by atoms with Gasteiger partial charge in [-0.1, -0.05) is 12.1 Å². The van der Waals surface area contributed by atoms with E-state index in [1.165, 1.54) is 12.1 Å². The van der Waals surface area contributed by atoms with E-state index in [-0.39, 0.29) is 23.9 Å². The predicted molar refractivity (Wildman–Crippen MR) is 98.2 cm³/mol. The monoisotopic (exact) mass is 369 g/mol. The van der Waals surface area contributed by atoms with Gasteiger partial charge < -0.3 is 15.0 Å². The third-order valence-corrected chi connectivity index (χ3v) is 4.88. The van der Waals surface area contributed by atoms with E-state index in [2.05, 4.69) is 5.32 Å². The van der Waals surface area contributed by atoms with Crippen molar-refractivity contribution in [2.45, 2.75) is 6.10 Å². The van der Waals surface area contributed by atoms with Crippen molar-refractivity contribution in [3.05, 3.63) is 65.5 Å². The number of rotatable bonds is 3. The number of nitrogens with zero attached hydrogens (tertiary/aromatic N) is 2. The molecule has 2 fully saturated rings. The number of hydrogen-bond donors (Lipinski definition) is 1. The van der Waals surface area contributed by atoms with Gasteiger partial charge in [-0.3, -0.25) is 9.69 Å². The lowest BCUT2D eigenvalue weighted by Gasteiger charge is -2.33. The normalized spacial score (nSPS) is 19.9. The highest BCUT2D eigenvalue weighted by Gasteiger charge is 2.27. The van der Waals surface area contributed by atoms with Crippen LogP contribution in [0.2, 0.25) is 0 Å². The molecular formula is C20H20FN3O3. The molecule has 140 valence electrons. The highest BCUT2D eigenvalue weighted by molar-refractivity contribution is 5.97. The molecule has 6 nitrogen and oxygen atoms in total. The number of carbonyl (C=O) groups excluding carboxylic acids is 2. The van der Waals surface area contributed by atoms with Gasteiger partial charge in [0.05, 0.1) is 13.2 Å². The summed E-state index contributed by atoms with van der Waals surface area (Å²) in [5, 5.41) is 2.76. The van der Waals surface area contributed by atoms with Gasteiger partial charge in [-0.05, 0) is 42.0 Å². The van der Waals surface area contributed by atoms with Crippen molar-refractivity contribution in [1.82, 2.24) is 10.2 Å². The lowest BCUT2D eigenvalue weighted by Crippen LogP contribution is -2.42. The summed E-state index contributed by atoms with van der Waals surface area (Å²) in [5.74, 6) is -0.378. The second kappa shape index (κ2) is 7.36. The van der Waals surface area contributed by atoms with Crippen LogP contribution >= 0.6 is 0 Å². The number of hydrogen-bond acceptors (Lipinski definition) is 3. The highest BCUT2D eigenvalue weighted by Crippen LogP contribution is 2.24. The molecule has 0 bridgehead atoms. The van der Waals surface area contributed by atoms with Crippen LogP contribution in [0.3, 0.4) is 0 Å². The Bertz CT molecular complexity index is 839. The lowest BCUT2D eigenvalue weighted by atomic mass is 10.1. The first-order chi connectivity index (χ1) is 13.1. The van der Waals surface area contributed by atoms with E-state index in [4.69, 9.17) is 4.74 Å². The number of urea groups is 1. The van der Waals surface area contributed by atoms with Crippen molar-refractivity contribution < 1.29 is 18.7 Å². The molecular weight excluding hydrogens is 349 g/mol. The number of anilines is 1. The molecule has 4 rings (SSSR count). The molecule has 0 aliphatic carbocycles. The molecule has 2 aliphatic heterocycles. The lowest BCUT2D eigenvalue weighted by molar-refractivity contribution is -0.0228. The molecule has 7 heteroatoms. The second-order valence-electron chi connectivity index (χ2n) is 6.59. The molecule has 0 saturated carbocycles. The Labute approximate surface area is 156 Å². The Morgan fingerprint density at radius 3 is 2.48 bits per heavy atom. The van der Waals surface area contributed by atoms with E-state index in [0.29, 0.717) is 38.3 Å². The van der Waals surface area contributed by atoms with Gasteiger partial charge in [0.25, 0.3) is 5.91 Å². The number of halogens is 1. The Balaban J connectivity index is 1.45. The van der Waals surface area contributed by atoms with Crippen molar-refractivity contribution in [3.8, 4) is 0 Å². The van der Waals surface area contributed by atoms with Crippen molar-refractivity contribution in [2.75, 3.05) is 37.7 Å². The van der Waals surface area contributed by atoms with Crippen molar-refractivity contribution in [3.63, 3.8) is 0 Å². The minimum atomic E-state index is -0.297. The van der Waals surface area contributed by atoms with Crippen molar-refractivity contribution in [2.24, 2.45) is 0 Å². The first-order valence-corrected chi connectivity index (χ1v) is 8.93. The molecule has 27 heavy (non-hydrogen) atoms. The van der Waals surface area contributed by atoms with E-state index in [9.17, 15) is 14.0 Å². The van der Waals surface area contributed by atoms with Crippen LogP contribution in [0.15, 0.2) is 48.5 Å². The van der Waals surface area contributed by atoms with E-state index < -0.39 is 0 Å². The SMILES string of the molecule is O=C(c1ccc(N2CCNC2=O)cc1)N1CCOC(c2ccc(F)cc2)C1. The average Bonchev–Trinajstić information content (AvgIpc) is 3.14. The fraction of sp³-hybridized carbons (Fsp3) is 0.300. The highest BCUT2D eigenvalue weighted by atomic mass is 19.1. The molecule has 3 amide bonds.